The third-order valence-corrected chi connectivity index (χ3v) is 4.45. The average Bonchev–Trinajstić information content (AvgIpc) is 2.99. The summed E-state index contributed by atoms with van der Waals surface area (Å²) in [7, 11) is 0. The molecule has 1 aromatic carbocycles. The summed E-state index contributed by atoms with van der Waals surface area (Å²) < 4.78 is 13.3. The zero-order chi connectivity index (χ0) is 14.9. The second-order valence-corrected chi connectivity index (χ2v) is 5.74. The predicted octanol–water partition coefficient (Wildman–Crippen LogP) is 3.48. The number of piperidine rings is 1. The predicted molar refractivity (Wildman–Crippen MR) is 84.5 cm³/mol. The molecule has 0 spiro atoms. The maximum Gasteiger partial charge on any atom is 0.225 e. The van der Waals surface area contributed by atoms with E-state index in [1.165, 1.54) is 11.6 Å². The molecule has 0 unspecified atom stereocenters. The van der Waals surface area contributed by atoms with Crippen LogP contribution in [0.1, 0.15) is 24.3 Å². The van der Waals surface area contributed by atoms with Gasteiger partial charge in [-0.25, -0.2) is 14.4 Å². The molecule has 3 heterocycles. The van der Waals surface area contributed by atoms with E-state index < -0.39 is 0 Å². The molecule has 0 atom stereocenters. The highest BCUT2D eigenvalue weighted by Gasteiger charge is 2.23. The molecule has 2 aromatic heterocycles. The van der Waals surface area contributed by atoms with Crippen molar-refractivity contribution in [2.24, 2.45) is 0 Å². The molecule has 0 aliphatic carbocycles. The molecular weight excluding hydrogens is 279 g/mol. The Balaban J connectivity index is 1.53. The number of aromatic nitrogens is 3. The lowest BCUT2D eigenvalue weighted by molar-refractivity contribution is 0.501. The van der Waals surface area contributed by atoms with E-state index in [4.69, 9.17) is 0 Å². The van der Waals surface area contributed by atoms with E-state index in [0.29, 0.717) is 5.92 Å². The van der Waals surface area contributed by atoms with Crippen molar-refractivity contribution in [3.05, 3.63) is 54.2 Å². The third-order valence-electron chi connectivity index (χ3n) is 4.45. The Morgan fingerprint density at radius 1 is 1.14 bits per heavy atom. The van der Waals surface area contributed by atoms with E-state index in [2.05, 4.69) is 19.9 Å². The highest BCUT2D eigenvalue weighted by molar-refractivity contribution is 5.83. The maximum atomic E-state index is 13.3. The van der Waals surface area contributed by atoms with E-state index in [0.717, 1.165) is 42.8 Å². The molecule has 1 N–H and O–H groups in total. The summed E-state index contributed by atoms with van der Waals surface area (Å²) in [5.41, 5.74) is 2.17. The van der Waals surface area contributed by atoms with Gasteiger partial charge in [0, 0.05) is 42.6 Å². The molecular formula is C17H17FN4. The first-order valence-electron chi connectivity index (χ1n) is 7.60. The number of nitrogens with one attached hydrogen (secondary N) is 1. The van der Waals surface area contributed by atoms with Crippen LogP contribution >= 0.6 is 0 Å². The van der Waals surface area contributed by atoms with Crippen LogP contribution in [-0.4, -0.2) is 28.0 Å². The lowest BCUT2D eigenvalue weighted by atomic mass is 9.89. The van der Waals surface area contributed by atoms with Gasteiger partial charge in [0.15, 0.2) is 0 Å². The molecule has 0 amide bonds. The largest absolute Gasteiger partial charge is 0.361 e. The van der Waals surface area contributed by atoms with Crippen LogP contribution in [0.15, 0.2) is 42.9 Å². The first-order valence-corrected chi connectivity index (χ1v) is 7.60. The molecule has 0 radical (unpaired) electrons. The van der Waals surface area contributed by atoms with E-state index in [1.54, 1.807) is 18.5 Å². The molecule has 3 aromatic rings. The smallest absolute Gasteiger partial charge is 0.225 e. The minimum absolute atomic E-state index is 0.197. The number of hydrogen-bond donors (Lipinski definition) is 1. The van der Waals surface area contributed by atoms with E-state index in [-0.39, 0.29) is 5.82 Å². The van der Waals surface area contributed by atoms with Crippen molar-refractivity contribution < 1.29 is 4.39 Å². The Hall–Kier alpha value is -2.43. The summed E-state index contributed by atoms with van der Waals surface area (Å²) in [6.45, 7) is 1.89. The number of rotatable bonds is 2. The molecule has 4 nitrogen and oxygen atoms in total. The third kappa shape index (κ3) is 2.32. The van der Waals surface area contributed by atoms with Crippen LogP contribution in [0.5, 0.6) is 0 Å². The number of benzene rings is 1. The maximum absolute atomic E-state index is 13.3. The Bertz CT molecular complexity index is 776. The fourth-order valence-electron chi connectivity index (χ4n) is 3.30. The molecule has 112 valence electrons. The Labute approximate surface area is 128 Å². The molecule has 1 aliphatic rings. The van der Waals surface area contributed by atoms with Crippen LogP contribution in [0.4, 0.5) is 10.3 Å². The summed E-state index contributed by atoms with van der Waals surface area (Å²) in [5.74, 6) is 1.11. The van der Waals surface area contributed by atoms with Crippen molar-refractivity contribution in [1.29, 1.82) is 0 Å². The van der Waals surface area contributed by atoms with Gasteiger partial charge in [0.1, 0.15) is 5.82 Å². The number of anilines is 1. The lowest BCUT2D eigenvalue weighted by Crippen LogP contribution is -2.34. The highest BCUT2D eigenvalue weighted by atomic mass is 19.1. The Morgan fingerprint density at radius 2 is 1.91 bits per heavy atom. The van der Waals surface area contributed by atoms with Crippen molar-refractivity contribution in [3.8, 4) is 0 Å². The van der Waals surface area contributed by atoms with Gasteiger partial charge in [-0.15, -0.1) is 0 Å². The fraction of sp³-hybridized carbons (Fsp3) is 0.294. The zero-order valence-electron chi connectivity index (χ0n) is 12.2. The number of halogens is 1. The standard InChI is InChI=1S/C17H17FN4/c18-13-2-3-14-15(11-21-16(14)10-13)12-4-8-22(9-5-12)17-19-6-1-7-20-17/h1-3,6-7,10-12,21H,4-5,8-9H2. The molecule has 0 saturated carbocycles. The summed E-state index contributed by atoms with van der Waals surface area (Å²) in [6.07, 6.45) is 7.71. The molecule has 1 fully saturated rings. The van der Waals surface area contributed by atoms with Crippen LogP contribution in [0.25, 0.3) is 10.9 Å². The summed E-state index contributed by atoms with van der Waals surface area (Å²) in [5, 5.41) is 1.14. The second-order valence-electron chi connectivity index (χ2n) is 5.74. The molecule has 0 bridgehead atoms. The first kappa shape index (κ1) is 13.2. The monoisotopic (exact) mass is 296 g/mol. The minimum atomic E-state index is -0.197. The normalized spacial score (nSPS) is 16.3. The van der Waals surface area contributed by atoms with Gasteiger partial charge in [-0.2, -0.15) is 0 Å². The summed E-state index contributed by atoms with van der Waals surface area (Å²) >= 11 is 0. The number of nitrogens with zero attached hydrogens (tertiary/aromatic N) is 3. The minimum Gasteiger partial charge on any atom is -0.361 e. The van der Waals surface area contributed by atoms with Crippen molar-refractivity contribution in [2.75, 3.05) is 18.0 Å². The Morgan fingerprint density at radius 3 is 2.68 bits per heavy atom. The van der Waals surface area contributed by atoms with Crippen molar-refractivity contribution in [3.63, 3.8) is 0 Å². The van der Waals surface area contributed by atoms with Crippen LogP contribution in [-0.2, 0) is 0 Å². The molecule has 5 heteroatoms. The topological polar surface area (TPSA) is 44.8 Å². The zero-order valence-corrected chi connectivity index (χ0v) is 12.2. The SMILES string of the molecule is Fc1ccc2c(C3CCN(c4ncccn4)CC3)c[nH]c2c1. The number of H-pyrrole nitrogens is 1. The summed E-state index contributed by atoms with van der Waals surface area (Å²) in [4.78, 5) is 14.1. The van der Waals surface area contributed by atoms with Gasteiger partial charge in [0.25, 0.3) is 0 Å². The van der Waals surface area contributed by atoms with Gasteiger partial charge in [-0.05, 0) is 48.6 Å². The fourth-order valence-corrected chi connectivity index (χ4v) is 3.30. The van der Waals surface area contributed by atoms with Crippen LogP contribution in [0.2, 0.25) is 0 Å². The van der Waals surface area contributed by atoms with E-state index in [9.17, 15) is 4.39 Å². The number of hydrogen-bond acceptors (Lipinski definition) is 3. The molecule has 1 aliphatic heterocycles. The quantitative estimate of drug-likeness (QED) is 0.787. The van der Waals surface area contributed by atoms with Gasteiger partial charge in [-0.3, -0.25) is 0 Å². The van der Waals surface area contributed by atoms with Gasteiger partial charge >= 0.3 is 0 Å². The van der Waals surface area contributed by atoms with E-state index in [1.807, 2.05) is 18.3 Å². The van der Waals surface area contributed by atoms with Gasteiger partial charge < -0.3 is 9.88 Å². The van der Waals surface area contributed by atoms with Gasteiger partial charge in [-0.1, -0.05) is 0 Å². The van der Waals surface area contributed by atoms with Crippen LogP contribution < -0.4 is 4.90 Å². The molecule has 1 saturated heterocycles. The van der Waals surface area contributed by atoms with Crippen molar-refractivity contribution in [1.82, 2.24) is 15.0 Å². The first-order chi connectivity index (χ1) is 10.8. The molecule has 4 rings (SSSR count). The van der Waals surface area contributed by atoms with Crippen molar-refractivity contribution in [2.45, 2.75) is 18.8 Å². The van der Waals surface area contributed by atoms with Gasteiger partial charge in [0.05, 0.1) is 0 Å². The number of fused-ring (bicyclic) bond motifs is 1. The van der Waals surface area contributed by atoms with Crippen LogP contribution in [0, 0.1) is 5.82 Å². The summed E-state index contributed by atoms with van der Waals surface area (Å²) in [6, 6.07) is 6.81. The second kappa shape index (κ2) is 5.40. The van der Waals surface area contributed by atoms with Crippen LogP contribution in [0.3, 0.4) is 0 Å². The van der Waals surface area contributed by atoms with Gasteiger partial charge in [0.2, 0.25) is 5.95 Å². The number of aromatic amines is 1. The Kier molecular flexibility index (Phi) is 3.25. The van der Waals surface area contributed by atoms with Crippen molar-refractivity contribution >= 4 is 16.9 Å². The molecule has 22 heavy (non-hydrogen) atoms. The highest BCUT2D eigenvalue weighted by Crippen LogP contribution is 2.33. The van der Waals surface area contributed by atoms with E-state index >= 15 is 0 Å². The average molecular weight is 296 g/mol. The lowest BCUT2D eigenvalue weighted by Gasteiger charge is -2.31.